The molecule has 0 aliphatic rings. The van der Waals surface area contributed by atoms with E-state index < -0.39 is 0 Å². The van der Waals surface area contributed by atoms with Crippen molar-refractivity contribution >= 4 is 45.9 Å². The molecule has 3 heterocycles. The summed E-state index contributed by atoms with van der Waals surface area (Å²) in [6.45, 7) is 4.21. The van der Waals surface area contributed by atoms with Crippen LogP contribution < -0.4 is 10.6 Å². The maximum atomic E-state index is 12.4. The molecule has 9 nitrogen and oxygen atoms in total. The minimum absolute atomic E-state index is 0.0930. The summed E-state index contributed by atoms with van der Waals surface area (Å²) in [5.74, 6) is 0.458. The molecule has 0 aliphatic heterocycles. The number of carbonyl (C=O) groups excluding carboxylic acids is 1. The first-order chi connectivity index (χ1) is 17.0. The summed E-state index contributed by atoms with van der Waals surface area (Å²) in [5, 5.41) is 15.8. The zero-order valence-corrected chi connectivity index (χ0v) is 20.4. The molecule has 176 valence electrons. The average Bonchev–Trinajstić information content (AvgIpc) is 3.46. The van der Waals surface area contributed by atoms with Crippen molar-refractivity contribution in [3.05, 3.63) is 78.5 Å². The van der Waals surface area contributed by atoms with Crippen LogP contribution in [-0.2, 0) is 11.3 Å². The van der Waals surface area contributed by atoms with Crippen LogP contribution in [0.25, 0.3) is 16.7 Å². The molecule has 0 spiro atoms. The van der Waals surface area contributed by atoms with Gasteiger partial charge >= 0.3 is 0 Å². The number of amides is 1. The molecule has 1 amide bonds. The zero-order valence-electron chi connectivity index (χ0n) is 19.6. The number of nitrogens with one attached hydrogen (secondary N) is 2. The van der Waals surface area contributed by atoms with Crippen molar-refractivity contribution < 1.29 is 4.79 Å². The van der Waals surface area contributed by atoms with Gasteiger partial charge in [0.15, 0.2) is 5.65 Å². The van der Waals surface area contributed by atoms with Crippen molar-refractivity contribution in [2.45, 2.75) is 25.3 Å². The molecule has 35 heavy (non-hydrogen) atoms. The molecule has 0 unspecified atom stereocenters. The van der Waals surface area contributed by atoms with Gasteiger partial charge in [-0.3, -0.25) is 9.48 Å². The van der Waals surface area contributed by atoms with E-state index in [0.29, 0.717) is 17.2 Å². The lowest BCUT2D eigenvalue weighted by Gasteiger charge is -2.07. The van der Waals surface area contributed by atoms with E-state index in [2.05, 4.69) is 62.8 Å². The van der Waals surface area contributed by atoms with Crippen molar-refractivity contribution in [2.24, 2.45) is 0 Å². The van der Waals surface area contributed by atoms with E-state index in [0.717, 1.165) is 32.8 Å². The molecule has 0 saturated carbocycles. The predicted octanol–water partition coefficient (Wildman–Crippen LogP) is 4.73. The Labute approximate surface area is 206 Å². The standard InChI is InChI=1S/C25H24N8OS/c1-16-8-17(2)10-20(9-16)33-25-22(12-29-33)24(26-15-27-25)31-19-11-28-32(13-19)14-23(34)30-18-4-6-21(35-3)7-5-18/h4-13,15H,14H2,1-3H3,(H,30,34)(H,26,27,31). The van der Waals surface area contributed by atoms with Crippen molar-refractivity contribution in [3.8, 4) is 5.69 Å². The molecule has 5 aromatic rings. The number of hydrogen-bond donors (Lipinski definition) is 2. The molecule has 5 rings (SSSR count). The first-order valence-electron chi connectivity index (χ1n) is 11.0. The lowest BCUT2D eigenvalue weighted by atomic mass is 10.1. The third-order valence-electron chi connectivity index (χ3n) is 5.39. The average molecular weight is 485 g/mol. The molecule has 0 atom stereocenters. The molecular weight excluding hydrogens is 460 g/mol. The molecule has 2 N–H and O–H groups in total. The third kappa shape index (κ3) is 5.02. The lowest BCUT2D eigenvalue weighted by Crippen LogP contribution is -2.18. The number of rotatable bonds is 7. The monoisotopic (exact) mass is 484 g/mol. The Morgan fingerprint density at radius 1 is 0.971 bits per heavy atom. The first kappa shape index (κ1) is 22.6. The van der Waals surface area contributed by atoms with Gasteiger partial charge in [-0.2, -0.15) is 10.2 Å². The minimum atomic E-state index is -0.157. The van der Waals surface area contributed by atoms with E-state index in [9.17, 15) is 4.79 Å². The molecular formula is C25H24N8OS. The van der Waals surface area contributed by atoms with E-state index in [1.54, 1.807) is 35.0 Å². The van der Waals surface area contributed by atoms with Crippen molar-refractivity contribution in [2.75, 3.05) is 16.9 Å². The van der Waals surface area contributed by atoms with Crippen molar-refractivity contribution in [1.29, 1.82) is 0 Å². The number of benzene rings is 2. The quantitative estimate of drug-likeness (QED) is 0.322. The molecule has 0 radical (unpaired) electrons. The van der Waals surface area contributed by atoms with Gasteiger partial charge in [0.1, 0.15) is 18.7 Å². The van der Waals surface area contributed by atoms with Crippen molar-refractivity contribution in [3.63, 3.8) is 0 Å². The van der Waals surface area contributed by atoms with Gasteiger partial charge in [-0.25, -0.2) is 14.6 Å². The van der Waals surface area contributed by atoms with Crippen LogP contribution in [0.4, 0.5) is 17.2 Å². The highest BCUT2D eigenvalue weighted by molar-refractivity contribution is 7.98. The summed E-state index contributed by atoms with van der Waals surface area (Å²) < 4.78 is 3.38. The Bertz CT molecular complexity index is 1490. The summed E-state index contributed by atoms with van der Waals surface area (Å²) in [4.78, 5) is 22.4. The van der Waals surface area contributed by atoms with E-state index in [4.69, 9.17) is 0 Å². The van der Waals surface area contributed by atoms with Crippen LogP contribution in [0.2, 0.25) is 0 Å². The Hall–Kier alpha value is -4.18. The van der Waals surface area contributed by atoms with Crippen LogP contribution in [0.3, 0.4) is 0 Å². The van der Waals surface area contributed by atoms with Gasteiger partial charge in [0.25, 0.3) is 0 Å². The molecule has 3 aromatic heterocycles. The van der Waals surface area contributed by atoms with E-state index >= 15 is 0 Å². The summed E-state index contributed by atoms with van der Waals surface area (Å²) in [5.41, 5.74) is 5.42. The molecule has 0 fully saturated rings. The molecule has 0 saturated heterocycles. The second-order valence-corrected chi connectivity index (χ2v) is 9.07. The van der Waals surface area contributed by atoms with Gasteiger partial charge in [-0.15, -0.1) is 11.8 Å². The predicted molar refractivity (Wildman–Crippen MR) is 138 cm³/mol. The number of fused-ring (bicyclic) bond motifs is 1. The number of carbonyl (C=O) groups is 1. The van der Waals surface area contributed by atoms with Crippen LogP contribution in [0.1, 0.15) is 11.1 Å². The van der Waals surface area contributed by atoms with Gasteiger partial charge < -0.3 is 10.6 Å². The fraction of sp³-hybridized carbons (Fsp3) is 0.160. The number of aryl methyl sites for hydroxylation is 2. The summed E-state index contributed by atoms with van der Waals surface area (Å²) in [6.07, 6.45) is 8.68. The second kappa shape index (κ2) is 9.59. The normalized spacial score (nSPS) is 11.1. The Balaban J connectivity index is 1.30. The van der Waals surface area contributed by atoms with Crippen LogP contribution in [0.5, 0.6) is 0 Å². The van der Waals surface area contributed by atoms with E-state index in [1.807, 2.05) is 35.2 Å². The lowest BCUT2D eigenvalue weighted by molar-refractivity contribution is -0.116. The topological polar surface area (TPSA) is 103 Å². The highest BCUT2D eigenvalue weighted by atomic mass is 32.2. The summed E-state index contributed by atoms with van der Waals surface area (Å²) in [6, 6.07) is 14.0. The maximum absolute atomic E-state index is 12.4. The van der Waals surface area contributed by atoms with Gasteiger partial charge in [-0.05, 0) is 67.6 Å². The van der Waals surface area contributed by atoms with E-state index in [-0.39, 0.29) is 12.5 Å². The van der Waals surface area contributed by atoms with E-state index in [1.165, 1.54) is 6.33 Å². The van der Waals surface area contributed by atoms with Crippen LogP contribution in [-0.4, -0.2) is 41.7 Å². The molecule has 10 heteroatoms. The highest BCUT2D eigenvalue weighted by Gasteiger charge is 2.13. The van der Waals surface area contributed by atoms with Gasteiger partial charge in [0.05, 0.1) is 29.2 Å². The highest BCUT2D eigenvalue weighted by Crippen LogP contribution is 2.25. The number of anilines is 3. The number of nitrogens with zero attached hydrogens (tertiary/aromatic N) is 6. The molecule has 2 aromatic carbocycles. The Morgan fingerprint density at radius 2 is 1.74 bits per heavy atom. The van der Waals surface area contributed by atoms with Crippen LogP contribution >= 0.6 is 11.8 Å². The van der Waals surface area contributed by atoms with Gasteiger partial charge in [-0.1, -0.05) is 6.07 Å². The van der Waals surface area contributed by atoms with Gasteiger partial charge in [0, 0.05) is 16.8 Å². The smallest absolute Gasteiger partial charge is 0.246 e. The number of aromatic nitrogens is 6. The fourth-order valence-electron chi connectivity index (χ4n) is 3.88. The molecule has 0 aliphatic carbocycles. The Morgan fingerprint density at radius 3 is 2.49 bits per heavy atom. The first-order valence-corrected chi connectivity index (χ1v) is 12.2. The fourth-order valence-corrected chi connectivity index (χ4v) is 4.29. The van der Waals surface area contributed by atoms with Crippen LogP contribution in [0.15, 0.2) is 72.3 Å². The zero-order chi connectivity index (χ0) is 24.4. The van der Waals surface area contributed by atoms with Gasteiger partial charge in [0.2, 0.25) is 5.91 Å². The summed E-state index contributed by atoms with van der Waals surface area (Å²) >= 11 is 1.66. The van der Waals surface area contributed by atoms with Crippen LogP contribution in [0, 0.1) is 13.8 Å². The number of thioether (sulfide) groups is 1. The second-order valence-electron chi connectivity index (χ2n) is 8.19. The summed E-state index contributed by atoms with van der Waals surface area (Å²) in [7, 11) is 0. The SMILES string of the molecule is CSc1ccc(NC(=O)Cn2cc(Nc3ncnc4c3cnn4-c3cc(C)cc(C)c3)cn2)cc1. The maximum Gasteiger partial charge on any atom is 0.246 e. The Kier molecular flexibility index (Phi) is 6.19. The minimum Gasteiger partial charge on any atom is -0.337 e. The number of hydrogen-bond acceptors (Lipinski definition) is 7. The van der Waals surface area contributed by atoms with Crippen molar-refractivity contribution in [1.82, 2.24) is 29.5 Å². The molecule has 0 bridgehead atoms. The third-order valence-corrected chi connectivity index (χ3v) is 6.14. The largest absolute Gasteiger partial charge is 0.337 e.